The van der Waals surface area contributed by atoms with Gasteiger partial charge in [-0.1, -0.05) is 0 Å². The number of hydrogen-bond donors (Lipinski definition) is 0. The molecule has 32 valence electrons. The first-order valence-electron chi connectivity index (χ1n) is 2.04. The molecule has 0 aliphatic carbocycles. The predicted octanol–water partition coefficient (Wildman–Crippen LogP) is 0.0373. The molecule has 0 saturated carbocycles. The molecule has 1 heterocycles. The molecule has 0 saturated heterocycles. The first-order chi connectivity index (χ1) is 2.71. The minimum atomic E-state index is 0.889. The maximum absolute atomic E-state index is 2.97. The molecule has 0 aromatic carbocycles. The van der Waals surface area contributed by atoms with Crippen molar-refractivity contribution in [3.8, 4) is 12.0 Å². The Bertz CT molecular complexity index is 114. The summed E-state index contributed by atoms with van der Waals surface area (Å²) in [5.41, 5.74) is 0. The van der Waals surface area contributed by atoms with Crippen molar-refractivity contribution in [3.05, 3.63) is 0 Å². The van der Waals surface area contributed by atoms with Crippen LogP contribution < -0.4 is 0 Å². The van der Waals surface area contributed by atoms with Gasteiger partial charge in [0.05, 0.1) is 14.1 Å². The molecule has 1 rings (SSSR count). The van der Waals surface area contributed by atoms with Gasteiger partial charge in [0.25, 0.3) is 0 Å². The maximum Gasteiger partial charge on any atom is 0.158 e. The average Bonchev–Trinajstić information content (AvgIpc) is 1.32. The van der Waals surface area contributed by atoms with Gasteiger partial charge in [-0.2, -0.15) is 0 Å². The van der Waals surface area contributed by atoms with Crippen molar-refractivity contribution in [1.29, 1.82) is 0 Å². The highest BCUT2D eigenvalue weighted by Crippen LogP contribution is 1.97. The molecule has 0 unspecified atom stereocenters. The first-order valence-corrected chi connectivity index (χ1v) is 2.04. The van der Waals surface area contributed by atoms with Gasteiger partial charge in [-0.05, 0) is 0 Å². The van der Waals surface area contributed by atoms with Gasteiger partial charge in [-0.25, -0.2) is 4.48 Å². The molecule has 0 amide bonds. The lowest BCUT2D eigenvalue weighted by Gasteiger charge is -2.22. The largest absolute Gasteiger partial charge is 0.241 e. The van der Waals surface area contributed by atoms with Gasteiger partial charge in [0.15, 0.2) is 6.54 Å². The van der Waals surface area contributed by atoms with E-state index in [1.165, 1.54) is 0 Å². The summed E-state index contributed by atoms with van der Waals surface area (Å²) >= 11 is 0. The zero-order valence-corrected chi connectivity index (χ0v) is 4.15. The SMILES string of the molecule is C[N+]1(C)C#CC1. The Balaban J connectivity index is 2.67. The summed E-state index contributed by atoms with van der Waals surface area (Å²) in [6.45, 7) is 1.03. The predicted molar refractivity (Wildman–Crippen MR) is 24.8 cm³/mol. The second-order valence-corrected chi connectivity index (χ2v) is 2.13. The summed E-state index contributed by atoms with van der Waals surface area (Å²) in [5.74, 6) is 2.92. The van der Waals surface area contributed by atoms with Crippen molar-refractivity contribution in [2.75, 3.05) is 20.6 Å². The summed E-state index contributed by atoms with van der Waals surface area (Å²) in [4.78, 5) is 0. The number of nitrogens with zero attached hydrogens (tertiary/aromatic N) is 1. The molecule has 0 atom stereocenters. The summed E-state index contributed by atoms with van der Waals surface area (Å²) in [5, 5.41) is 0. The summed E-state index contributed by atoms with van der Waals surface area (Å²) < 4.78 is 0.889. The second kappa shape index (κ2) is 0.772. The molecule has 1 heteroatoms. The van der Waals surface area contributed by atoms with E-state index in [1.807, 2.05) is 0 Å². The number of rotatable bonds is 0. The Morgan fingerprint density at radius 2 is 1.83 bits per heavy atom. The van der Waals surface area contributed by atoms with E-state index in [4.69, 9.17) is 0 Å². The van der Waals surface area contributed by atoms with Gasteiger partial charge in [-0.15, -0.1) is 0 Å². The quantitative estimate of drug-likeness (QED) is 0.286. The molecule has 0 fully saturated rings. The lowest BCUT2D eigenvalue weighted by atomic mass is 10.4. The molecule has 0 N–H and O–H groups in total. The fourth-order valence-corrected chi connectivity index (χ4v) is 0.395. The van der Waals surface area contributed by atoms with Crippen LogP contribution in [-0.4, -0.2) is 25.1 Å². The van der Waals surface area contributed by atoms with Crippen LogP contribution >= 0.6 is 0 Å². The monoisotopic (exact) mass is 82.1 g/mol. The molecule has 0 spiro atoms. The van der Waals surface area contributed by atoms with E-state index >= 15 is 0 Å². The highest BCUT2D eigenvalue weighted by Gasteiger charge is 2.15. The second-order valence-electron chi connectivity index (χ2n) is 2.13. The number of quaternary nitrogens is 1. The van der Waals surface area contributed by atoms with Crippen molar-refractivity contribution in [1.82, 2.24) is 0 Å². The Labute approximate surface area is 38.2 Å². The highest BCUT2D eigenvalue weighted by molar-refractivity contribution is 5.00. The van der Waals surface area contributed by atoms with Crippen molar-refractivity contribution < 1.29 is 4.48 Å². The lowest BCUT2D eigenvalue weighted by molar-refractivity contribution is -0.826. The Kier molecular flexibility index (Phi) is 0.476. The standard InChI is InChI=1S/C5H8N/c1-6(2)4-3-5-6/h4H2,1-2H3/q+1. The van der Waals surface area contributed by atoms with Crippen molar-refractivity contribution in [2.45, 2.75) is 0 Å². The summed E-state index contributed by atoms with van der Waals surface area (Å²) in [6.07, 6.45) is 0. The Morgan fingerprint density at radius 1 is 1.50 bits per heavy atom. The molecule has 0 aromatic rings. The van der Waals surface area contributed by atoms with E-state index < -0.39 is 0 Å². The van der Waals surface area contributed by atoms with Gasteiger partial charge < -0.3 is 0 Å². The summed E-state index contributed by atoms with van der Waals surface area (Å²) in [6, 6.07) is 2.97. The molecule has 6 heavy (non-hydrogen) atoms. The molecule has 1 aliphatic rings. The highest BCUT2D eigenvalue weighted by atomic mass is 15.3. The first kappa shape index (κ1) is 3.70. The van der Waals surface area contributed by atoms with Crippen LogP contribution in [0.3, 0.4) is 0 Å². The fourth-order valence-electron chi connectivity index (χ4n) is 0.395. The van der Waals surface area contributed by atoms with Crippen LogP contribution in [0.4, 0.5) is 0 Å². The van der Waals surface area contributed by atoms with E-state index in [9.17, 15) is 0 Å². The zero-order chi connectivity index (χ0) is 4.62. The van der Waals surface area contributed by atoms with E-state index in [1.54, 1.807) is 0 Å². The van der Waals surface area contributed by atoms with Crippen LogP contribution in [0.15, 0.2) is 0 Å². The van der Waals surface area contributed by atoms with Gasteiger partial charge in [0, 0.05) is 5.92 Å². The van der Waals surface area contributed by atoms with Crippen molar-refractivity contribution in [3.63, 3.8) is 0 Å². The third kappa shape index (κ3) is 0.395. The lowest BCUT2D eigenvalue weighted by Crippen LogP contribution is -2.39. The van der Waals surface area contributed by atoms with Gasteiger partial charge in [0.2, 0.25) is 0 Å². The fraction of sp³-hybridized carbons (Fsp3) is 0.600. The Morgan fingerprint density at radius 3 is 1.83 bits per heavy atom. The van der Waals surface area contributed by atoms with Gasteiger partial charge in [0.1, 0.15) is 6.04 Å². The van der Waals surface area contributed by atoms with Crippen LogP contribution in [-0.2, 0) is 0 Å². The smallest absolute Gasteiger partial charge is 0.158 e. The average molecular weight is 82.1 g/mol. The normalized spacial score (nSPS) is 23.7. The van der Waals surface area contributed by atoms with Crippen molar-refractivity contribution >= 4 is 0 Å². The van der Waals surface area contributed by atoms with Crippen LogP contribution in [0, 0.1) is 12.0 Å². The zero-order valence-electron chi connectivity index (χ0n) is 4.15. The van der Waals surface area contributed by atoms with Gasteiger partial charge in [-0.3, -0.25) is 0 Å². The van der Waals surface area contributed by atoms with Crippen LogP contribution in [0.1, 0.15) is 0 Å². The Hall–Kier alpha value is -0.480. The summed E-state index contributed by atoms with van der Waals surface area (Å²) in [7, 11) is 4.19. The molecule has 0 aromatic heterocycles. The van der Waals surface area contributed by atoms with Crippen LogP contribution in [0.2, 0.25) is 0 Å². The molecule has 0 bridgehead atoms. The van der Waals surface area contributed by atoms with Crippen molar-refractivity contribution in [2.24, 2.45) is 0 Å². The molecule has 1 nitrogen and oxygen atoms in total. The maximum atomic E-state index is 2.97. The third-order valence-electron chi connectivity index (χ3n) is 0.856. The minimum Gasteiger partial charge on any atom is -0.241 e. The van der Waals surface area contributed by atoms with E-state index in [0.29, 0.717) is 0 Å². The molecule has 1 aliphatic heterocycles. The van der Waals surface area contributed by atoms with Crippen LogP contribution in [0.25, 0.3) is 0 Å². The van der Waals surface area contributed by atoms with E-state index in [-0.39, 0.29) is 0 Å². The minimum absolute atomic E-state index is 0.889. The third-order valence-corrected chi connectivity index (χ3v) is 0.856. The van der Waals surface area contributed by atoms with E-state index in [0.717, 1.165) is 11.0 Å². The molecular formula is C5H8N+. The number of hydrogen-bond acceptors (Lipinski definition) is 0. The van der Waals surface area contributed by atoms with Gasteiger partial charge >= 0.3 is 0 Å². The topological polar surface area (TPSA) is 0 Å². The van der Waals surface area contributed by atoms with Crippen LogP contribution in [0.5, 0.6) is 0 Å². The molecule has 0 radical (unpaired) electrons. The molecular weight excluding hydrogens is 74.1 g/mol. The van der Waals surface area contributed by atoms with E-state index in [2.05, 4.69) is 26.1 Å².